The lowest BCUT2D eigenvalue weighted by atomic mass is 10.1. The number of methoxy groups -OCH3 is 1. The lowest BCUT2D eigenvalue weighted by molar-refractivity contribution is -0.384. The van der Waals surface area contributed by atoms with Gasteiger partial charge in [0.1, 0.15) is 29.5 Å². The van der Waals surface area contributed by atoms with E-state index in [-0.39, 0.29) is 24.8 Å². The highest BCUT2D eigenvalue weighted by atomic mass is 16.7. The van der Waals surface area contributed by atoms with Crippen LogP contribution in [0.2, 0.25) is 0 Å². The number of aromatic nitrogens is 3. The van der Waals surface area contributed by atoms with Crippen molar-refractivity contribution in [2.24, 2.45) is 7.05 Å². The van der Waals surface area contributed by atoms with Crippen molar-refractivity contribution in [3.05, 3.63) is 64.3 Å². The van der Waals surface area contributed by atoms with Crippen molar-refractivity contribution in [3.63, 3.8) is 0 Å². The standard InChI is InChI=1S/C19H18N4O7/c1-22-17(11-28-19(24)30-16-9-5-14(6-10-16)23(25)26)18(20-21-22)13-3-7-15(8-4-13)29-12-27-2/h3-10H,11-12H2,1-2H3. The number of carbonyl (C=O) groups excluding carboxylic acids is 1. The summed E-state index contributed by atoms with van der Waals surface area (Å²) in [6.07, 6.45) is -0.959. The molecule has 1 aromatic heterocycles. The highest BCUT2D eigenvalue weighted by molar-refractivity contribution is 5.65. The number of rotatable bonds is 8. The Labute approximate surface area is 170 Å². The number of hydrogen-bond acceptors (Lipinski definition) is 9. The van der Waals surface area contributed by atoms with E-state index in [1.807, 2.05) is 0 Å². The second-order valence-corrected chi connectivity index (χ2v) is 5.98. The van der Waals surface area contributed by atoms with Crippen molar-refractivity contribution in [2.45, 2.75) is 6.61 Å². The van der Waals surface area contributed by atoms with Gasteiger partial charge < -0.3 is 18.9 Å². The largest absolute Gasteiger partial charge is 0.514 e. The van der Waals surface area contributed by atoms with Crippen LogP contribution in [-0.2, 0) is 23.1 Å². The van der Waals surface area contributed by atoms with E-state index < -0.39 is 11.1 Å². The molecule has 2 aromatic carbocycles. The molecule has 0 bridgehead atoms. The Balaban J connectivity index is 1.63. The van der Waals surface area contributed by atoms with Gasteiger partial charge in [0.25, 0.3) is 5.69 Å². The maximum Gasteiger partial charge on any atom is 0.514 e. The molecule has 0 saturated heterocycles. The van der Waals surface area contributed by atoms with Crippen LogP contribution >= 0.6 is 0 Å². The third-order valence-corrected chi connectivity index (χ3v) is 3.99. The minimum Gasteiger partial charge on any atom is -0.468 e. The van der Waals surface area contributed by atoms with Gasteiger partial charge in [-0.25, -0.2) is 9.48 Å². The molecule has 0 N–H and O–H groups in total. The normalized spacial score (nSPS) is 10.5. The van der Waals surface area contributed by atoms with Crippen molar-refractivity contribution in [3.8, 4) is 22.8 Å². The zero-order chi connectivity index (χ0) is 21.5. The number of nitro benzene ring substituents is 1. The summed E-state index contributed by atoms with van der Waals surface area (Å²) in [7, 11) is 3.21. The number of benzene rings is 2. The number of non-ortho nitro benzene ring substituents is 1. The molecule has 11 heteroatoms. The van der Waals surface area contributed by atoms with E-state index in [0.717, 1.165) is 5.56 Å². The Kier molecular flexibility index (Phi) is 6.55. The number of nitrogens with zero attached hydrogens (tertiary/aromatic N) is 4. The smallest absolute Gasteiger partial charge is 0.468 e. The summed E-state index contributed by atoms with van der Waals surface area (Å²) in [5.74, 6) is 0.759. The van der Waals surface area contributed by atoms with Crippen LogP contribution in [0, 0.1) is 10.1 Å². The van der Waals surface area contributed by atoms with E-state index >= 15 is 0 Å². The Morgan fingerprint density at radius 3 is 2.40 bits per heavy atom. The first-order chi connectivity index (χ1) is 14.5. The quantitative estimate of drug-likeness (QED) is 0.179. The number of carbonyl (C=O) groups is 1. The molecule has 156 valence electrons. The van der Waals surface area contributed by atoms with Gasteiger partial charge in [0.2, 0.25) is 0 Å². The van der Waals surface area contributed by atoms with Crippen LogP contribution in [0.5, 0.6) is 11.5 Å². The molecule has 0 spiro atoms. The van der Waals surface area contributed by atoms with Gasteiger partial charge in [-0.2, -0.15) is 0 Å². The summed E-state index contributed by atoms with van der Waals surface area (Å²) in [6, 6.07) is 12.2. The first-order valence-electron chi connectivity index (χ1n) is 8.67. The third kappa shape index (κ3) is 5.08. The van der Waals surface area contributed by atoms with Crippen molar-refractivity contribution in [1.29, 1.82) is 0 Å². The molecule has 0 radical (unpaired) electrons. The average molecular weight is 414 g/mol. The molecule has 0 aliphatic carbocycles. The number of nitro groups is 1. The minimum absolute atomic E-state index is 0.111. The Hall–Kier alpha value is -3.99. The van der Waals surface area contributed by atoms with Crippen molar-refractivity contribution in [2.75, 3.05) is 13.9 Å². The lowest BCUT2D eigenvalue weighted by Gasteiger charge is -2.08. The van der Waals surface area contributed by atoms with Crippen LogP contribution in [-0.4, -0.2) is 40.0 Å². The number of hydrogen-bond donors (Lipinski definition) is 0. The maximum absolute atomic E-state index is 12.0. The first kappa shape index (κ1) is 20.7. The second kappa shape index (κ2) is 9.47. The lowest BCUT2D eigenvalue weighted by Crippen LogP contribution is -2.12. The summed E-state index contributed by atoms with van der Waals surface area (Å²) >= 11 is 0. The second-order valence-electron chi connectivity index (χ2n) is 5.98. The fourth-order valence-corrected chi connectivity index (χ4v) is 2.49. The molecule has 11 nitrogen and oxygen atoms in total. The van der Waals surface area contributed by atoms with Crippen LogP contribution < -0.4 is 9.47 Å². The Morgan fingerprint density at radius 2 is 1.77 bits per heavy atom. The third-order valence-electron chi connectivity index (χ3n) is 3.99. The fourth-order valence-electron chi connectivity index (χ4n) is 2.49. The highest BCUT2D eigenvalue weighted by Crippen LogP contribution is 2.24. The van der Waals surface area contributed by atoms with E-state index in [1.54, 1.807) is 31.3 Å². The maximum atomic E-state index is 12.0. The highest BCUT2D eigenvalue weighted by Gasteiger charge is 2.16. The van der Waals surface area contributed by atoms with Crippen LogP contribution in [0.1, 0.15) is 5.69 Å². The molecular weight excluding hydrogens is 396 g/mol. The zero-order valence-electron chi connectivity index (χ0n) is 16.2. The Morgan fingerprint density at radius 1 is 1.10 bits per heavy atom. The van der Waals surface area contributed by atoms with E-state index in [0.29, 0.717) is 17.1 Å². The van der Waals surface area contributed by atoms with E-state index in [9.17, 15) is 14.9 Å². The predicted molar refractivity (Wildman–Crippen MR) is 103 cm³/mol. The van der Waals surface area contributed by atoms with Gasteiger partial charge in [-0.05, 0) is 36.4 Å². The average Bonchev–Trinajstić information content (AvgIpc) is 3.12. The molecule has 0 amide bonds. The number of aryl methyl sites for hydroxylation is 1. The minimum atomic E-state index is -0.959. The molecule has 0 fully saturated rings. The predicted octanol–water partition coefficient (Wildman–Crippen LogP) is 3.09. The molecule has 0 aliphatic heterocycles. The molecule has 0 atom stereocenters. The number of ether oxygens (including phenoxy) is 4. The van der Waals surface area contributed by atoms with Gasteiger partial charge in [-0.1, -0.05) is 5.21 Å². The molecule has 30 heavy (non-hydrogen) atoms. The Bertz CT molecular complexity index is 1020. The van der Waals surface area contributed by atoms with Gasteiger partial charge in [0.15, 0.2) is 6.79 Å². The molecule has 0 unspecified atom stereocenters. The van der Waals surface area contributed by atoms with E-state index in [4.69, 9.17) is 18.9 Å². The SMILES string of the molecule is COCOc1ccc(-c2nnn(C)c2COC(=O)Oc2ccc([N+](=O)[O-])cc2)cc1. The van der Waals surface area contributed by atoms with Crippen LogP contribution in [0.4, 0.5) is 10.5 Å². The van der Waals surface area contributed by atoms with Gasteiger partial charge in [-0.3, -0.25) is 10.1 Å². The topological polar surface area (TPSA) is 128 Å². The van der Waals surface area contributed by atoms with Gasteiger partial charge in [0, 0.05) is 31.9 Å². The molecule has 0 aliphatic rings. The summed E-state index contributed by atoms with van der Waals surface area (Å²) in [4.78, 5) is 22.1. The molecule has 1 heterocycles. The summed E-state index contributed by atoms with van der Waals surface area (Å²) < 4.78 is 21.9. The van der Waals surface area contributed by atoms with Crippen LogP contribution in [0.25, 0.3) is 11.3 Å². The van der Waals surface area contributed by atoms with Crippen LogP contribution in [0.3, 0.4) is 0 Å². The van der Waals surface area contributed by atoms with Crippen molar-refractivity contribution < 1.29 is 28.7 Å². The monoisotopic (exact) mass is 414 g/mol. The zero-order valence-corrected chi connectivity index (χ0v) is 16.2. The van der Waals surface area contributed by atoms with E-state index in [2.05, 4.69) is 10.3 Å². The van der Waals surface area contributed by atoms with Gasteiger partial charge in [-0.15, -0.1) is 5.10 Å². The van der Waals surface area contributed by atoms with E-state index in [1.165, 1.54) is 36.1 Å². The van der Waals surface area contributed by atoms with Crippen molar-refractivity contribution in [1.82, 2.24) is 15.0 Å². The molecule has 3 rings (SSSR count). The summed E-state index contributed by atoms with van der Waals surface area (Å²) in [5.41, 5.74) is 1.75. The summed E-state index contributed by atoms with van der Waals surface area (Å²) in [6.45, 7) is 0.00697. The first-order valence-corrected chi connectivity index (χ1v) is 8.67. The van der Waals surface area contributed by atoms with Gasteiger partial charge >= 0.3 is 6.16 Å². The molecular formula is C19H18N4O7. The van der Waals surface area contributed by atoms with Gasteiger partial charge in [0.05, 0.1) is 4.92 Å². The summed E-state index contributed by atoms with van der Waals surface area (Å²) in [5, 5.41) is 18.8. The van der Waals surface area contributed by atoms with Crippen LogP contribution in [0.15, 0.2) is 48.5 Å². The molecule has 3 aromatic rings. The molecule has 0 saturated carbocycles. The van der Waals surface area contributed by atoms with Crippen molar-refractivity contribution >= 4 is 11.8 Å². The fraction of sp³-hybridized carbons (Fsp3) is 0.211.